The SMILES string of the molecule is Cc1ccccc1N1CCC(O)(CN2CC3CCCN3CC2CCO)CC1. The van der Waals surface area contributed by atoms with Crippen molar-refractivity contribution in [2.24, 2.45) is 0 Å². The summed E-state index contributed by atoms with van der Waals surface area (Å²) in [7, 11) is 0. The maximum Gasteiger partial charge on any atom is 0.0807 e. The number of hydrogen-bond acceptors (Lipinski definition) is 5. The standard InChI is InChI=1S/C22H35N3O2/c1-18-5-2-3-7-21(18)23-12-9-22(27,10-13-23)17-25-16-19-6-4-11-24(19)15-20(25)8-14-26/h2-3,5,7,19-20,26-27H,4,6,8-17H2,1H3. The van der Waals surface area contributed by atoms with Crippen LogP contribution in [0, 0.1) is 6.92 Å². The monoisotopic (exact) mass is 373 g/mol. The smallest absolute Gasteiger partial charge is 0.0807 e. The van der Waals surface area contributed by atoms with Gasteiger partial charge in [-0.2, -0.15) is 0 Å². The predicted octanol–water partition coefficient (Wildman–Crippen LogP) is 1.86. The van der Waals surface area contributed by atoms with Crippen LogP contribution in [0.4, 0.5) is 5.69 Å². The minimum atomic E-state index is -0.604. The highest BCUT2D eigenvalue weighted by molar-refractivity contribution is 5.53. The van der Waals surface area contributed by atoms with Crippen molar-refractivity contribution >= 4 is 5.69 Å². The molecule has 27 heavy (non-hydrogen) atoms. The number of fused-ring (bicyclic) bond motifs is 1. The van der Waals surface area contributed by atoms with E-state index in [-0.39, 0.29) is 6.61 Å². The molecule has 3 heterocycles. The summed E-state index contributed by atoms with van der Waals surface area (Å²) in [5, 5.41) is 20.9. The van der Waals surface area contributed by atoms with Crippen LogP contribution in [-0.2, 0) is 0 Å². The Morgan fingerprint density at radius 3 is 2.63 bits per heavy atom. The Kier molecular flexibility index (Phi) is 5.74. The van der Waals surface area contributed by atoms with Crippen LogP contribution in [0.3, 0.4) is 0 Å². The van der Waals surface area contributed by atoms with Crippen LogP contribution in [0.5, 0.6) is 0 Å². The Balaban J connectivity index is 1.39. The van der Waals surface area contributed by atoms with Gasteiger partial charge in [-0.1, -0.05) is 18.2 Å². The maximum atomic E-state index is 11.3. The molecule has 2 N–H and O–H groups in total. The molecule has 4 rings (SSSR count). The summed E-state index contributed by atoms with van der Waals surface area (Å²) in [4.78, 5) is 7.51. The number of piperazine rings is 1. The van der Waals surface area contributed by atoms with E-state index in [1.807, 2.05) is 0 Å². The fraction of sp³-hybridized carbons (Fsp3) is 0.727. The summed E-state index contributed by atoms with van der Waals surface area (Å²) in [6.45, 7) is 8.28. The molecule has 0 spiro atoms. The average Bonchev–Trinajstić information content (AvgIpc) is 3.11. The van der Waals surface area contributed by atoms with Crippen LogP contribution in [0.25, 0.3) is 0 Å². The number of piperidine rings is 1. The van der Waals surface area contributed by atoms with Crippen LogP contribution >= 0.6 is 0 Å². The van der Waals surface area contributed by atoms with E-state index in [0.717, 1.165) is 52.0 Å². The zero-order valence-corrected chi connectivity index (χ0v) is 16.7. The summed E-state index contributed by atoms with van der Waals surface area (Å²) < 4.78 is 0. The number of aryl methyl sites for hydroxylation is 1. The van der Waals surface area contributed by atoms with Crippen molar-refractivity contribution in [1.29, 1.82) is 0 Å². The van der Waals surface area contributed by atoms with Crippen LogP contribution < -0.4 is 4.90 Å². The lowest BCUT2D eigenvalue weighted by atomic mass is 9.88. The molecule has 0 aromatic heterocycles. The lowest BCUT2D eigenvalue weighted by Crippen LogP contribution is -2.61. The fourth-order valence-corrected chi connectivity index (χ4v) is 5.38. The third kappa shape index (κ3) is 4.16. The van der Waals surface area contributed by atoms with Gasteiger partial charge in [-0.15, -0.1) is 0 Å². The molecule has 3 aliphatic rings. The van der Waals surface area contributed by atoms with Crippen LogP contribution in [0.2, 0.25) is 0 Å². The second kappa shape index (κ2) is 8.08. The van der Waals surface area contributed by atoms with E-state index in [9.17, 15) is 10.2 Å². The number of hydrogen-bond donors (Lipinski definition) is 2. The topological polar surface area (TPSA) is 50.2 Å². The molecule has 150 valence electrons. The number of benzene rings is 1. The van der Waals surface area contributed by atoms with Crippen LogP contribution in [0.15, 0.2) is 24.3 Å². The molecule has 0 aliphatic carbocycles. The number of aliphatic hydroxyl groups is 2. The first-order valence-corrected chi connectivity index (χ1v) is 10.7. The highest BCUT2D eigenvalue weighted by atomic mass is 16.3. The van der Waals surface area contributed by atoms with E-state index in [2.05, 4.69) is 45.9 Å². The molecule has 2 unspecified atom stereocenters. The summed E-state index contributed by atoms with van der Waals surface area (Å²) in [5.74, 6) is 0. The van der Waals surface area contributed by atoms with Crippen LogP contribution in [-0.4, -0.2) is 83.6 Å². The van der Waals surface area contributed by atoms with Gasteiger partial charge in [0.15, 0.2) is 0 Å². The molecule has 0 bridgehead atoms. The van der Waals surface area contributed by atoms with Crippen molar-refractivity contribution in [3.63, 3.8) is 0 Å². The third-order valence-corrected chi connectivity index (χ3v) is 7.02. The van der Waals surface area contributed by atoms with E-state index in [0.29, 0.717) is 12.1 Å². The number of β-amino-alcohol motifs (C(OH)–C–C–N with tert-alkyl or cyclic N) is 1. The van der Waals surface area contributed by atoms with Gasteiger partial charge < -0.3 is 15.1 Å². The molecule has 0 amide bonds. The van der Waals surface area contributed by atoms with E-state index in [1.165, 1.54) is 30.6 Å². The number of rotatable bonds is 5. The van der Waals surface area contributed by atoms with E-state index >= 15 is 0 Å². The summed E-state index contributed by atoms with van der Waals surface area (Å²) >= 11 is 0. The van der Waals surface area contributed by atoms with Crippen LogP contribution in [0.1, 0.15) is 37.7 Å². The molecule has 3 aliphatic heterocycles. The predicted molar refractivity (Wildman–Crippen MR) is 109 cm³/mol. The molecule has 3 fully saturated rings. The second-order valence-electron chi connectivity index (χ2n) is 8.88. The Bertz CT molecular complexity index is 630. The molecule has 2 atom stereocenters. The molecule has 0 radical (unpaired) electrons. The van der Waals surface area contributed by atoms with Gasteiger partial charge in [-0.05, 0) is 57.2 Å². The fourth-order valence-electron chi connectivity index (χ4n) is 5.38. The van der Waals surface area contributed by atoms with Gasteiger partial charge in [-0.25, -0.2) is 0 Å². The first-order valence-electron chi connectivity index (χ1n) is 10.7. The molecule has 1 aromatic carbocycles. The summed E-state index contributed by atoms with van der Waals surface area (Å²) in [6, 6.07) is 9.57. The Morgan fingerprint density at radius 1 is 1.11 bits per heavy atom. The normalized spacial score (nSPS) is 29.1. The molecule has 5 heteroatoms. The molecular weight excluding hydrogens is 338 g/mol. The molecule has 1 aromatic rings. The van der Waals surface area contributed by atoms with Gasteiger partial charge >= 0.3 is 0 Å². The Morgan fingerprint density at radius 2 is 1.89 bits per heavy atom. The van der Waals surface area contributed by atoms with Gasteiger partial charge in [0.25, 0.3) is 0 Å². The minimum Gasteiger partial charge on any atom is -0.396 e. The average molecular weight is 374 g/mol. The van der Waals surface area contributed by atoms with Gasteiger partial charge in [-0.3, -0.25) is 9.80 Å². The molecule has 3 saturated heterocycles. The van der Waals surface area contributed by atoms with Gasteiger partial charge in [0.2, 0.25) is 0 Å². The number of nitrogens with zero attached hydrogens (tertiary/aromatic N) is 3. The van der Waals surface area contributed by atoms with Gasteiger partial charge in [0, 0.05) is 57.1 Å². The quantitative estimate of drug-likeness (QED) is 0.825. The Hall–Kier alpha value is -1.14. The summed E-state index contributed by atoms with van der Waals surface area (Å²) in [5.41, 5.74) is 2.01. The zero-order chi connectivity index (χ0) is 18.9. The van der Waals surface area contributed by atoms with Gasteiger partial charge in [0.05, 0.1) is 5.60 Å². The van der Waals surface area contributed by atoms with Crippen molar-refractivity contribution in [3.05, 3.63) is 29.8 Å². The zero-order valence-electron chi connectivity index (χ0n) is 16.7. The van der Waals surface area contributed by atoms with Crippen molar-refractivity contribution in [3.8, 4) is 0 Å². The van der Waals surface area contributed by atoms with Crippen molar-refractivity contribution in [2.45, 2.75) is 56.7 Å². The van der Waals surface area contributed by atoms with Gasteiger partial charge in [0.1, 0.15) is 0 Å². The summed E-state index contributed by atoms with van der Waals surface area (Å²) in [6.07, 6.45) is 5.02. The molecular formula is C22H35N3O2. The maximum absolute atomic E-state index is 11.3. The highest BCUT2D eigenvalue weighted by Gasteiger charge is 2.41. The largest absolute Gasteiger partial charge is 0.396 e. The number of aliphatic hydroxyl groups excluding tert-OH is 1. The first kappa shape index (κ1) is 19.2. The Labute approximate surface area is 163 Å². The van der Waals surface area contributed by atoms with E-state index in [4.69, 9.17) is 0 Å². The van der Waals surface area contributed by atoms with Crippen molar-refractivity contribution in [2.75, 3.05) is 50.8 Å². The minimum absolute atomic E-state index is 0.235. The number of anilines is 1. The molecule has 0 saturated carbocycles. The first-order chi connectivity index (χ1) is 13.1. The third-order valence-electron chi connectivity index (χ3n) is 7.02. The lowest BCUT2D eigenvalue weighted by molar-refractivity contribution is -0.0537. The van der Waals surface area contributed by atoms with Crippen molar-refractivity contribution < 1.29 is 10.2 Å². The second-order valence-corrected chi connectivity index (χ2v) is 8.88. The van der Waals surface area contributed by atoms with E-state index in [1.54, 1.807) is 0 Å². The highest BCUT2D eigenvalue weighted by Crippen LogP contribution is 2.32. The molecule has 5 nitrogen and oxygen atoms in total. The van der Waals surface area contributed by atoms with E-state index < -0.39 is 5.60 Å². The van der Waals surface area contributed by atoms with Crippen molar-refractivity contribution in [1.82, 2.24) is 9.80 Å². The number of para-hydroxylation sites is 1. The lowest BCUT2D eigenvalue weighted by Gasteiger charge is -2.48.